The Balaban J connectivity index is 4.30. The molecule has 0 saturated carbocycles. The number of aliphatic carboxylic acids is 1. The molecule has 0 bridgehead atoms. The minimum atomic E-state index is -1.47. The van der Waals surface area contributed by atoms with Crippen molar-refractivity contribution < 1.29 is 29.4 Å². The SMILES string of the molecule is C[C@@H](O)[C@H](N)C(=O)NCC(=O)N[C@@H](CC(N)=O)C(=O)O. The molecule has 8 N–H and O–H groups in total. The second-order valence-corrected chi connectivity index (χ2v) is 4.11. The van der Waals surface area contributed by atoms with E-state index in [1.807, 2.05) is 5.32 Å². The number of carboxylic acid groups (broad SMARTS) is 1. The van der Waals surface area contributed by atoms with Gasteiger partial charge in [0, 0.05) is 0 Å². The molecule has 20 heavy (non-hydrogen) atoms. The number of carbonyl (C=O) groups is 4. The summed E-state index contributed by atoms with van der Waals surface area (Å²) in [4.78, 5) is 44.1. The highest BCUT2D eigenvalue weighted by Gasteiger charge is 2.23. The number of aliphatic hydroxyl groups excluding tert-OH is 1. The number of hydrogen-bond acceptors (Lipinski definition) is 6. The van der Waals surface area contributed by atoms with Gasteiger partial charge in [-0.15, -0.1) is 0 Å². The standard InChI is InChI=1S/C10H18N4O6/c1-4(15)8(12)9(18)13-3-7(17)14-5(10(19)20)2-6(11)16/h4-5,8,15H,2-3,12H2,1H3,(H2,11,16)(H,13,18)(H,14,17)(H,19,20)/t4-,5+,8+/m1/s1. The van der Waals surface area contributed by atoms with Crippen LogP contribution in [-0.2, 0) is 19.2 Å². The first-order chi connectivity index (χ1) is 9.15. The molecule has 3 amide bonds. The van der Waals surface area contributed by atoms with Crippen molar-refractivity contribution in [1.29, 1.82) is 0 Å². The van der Waals surface area contributed by atoms with E-state index in [1.54, 1.807) is 0 Å². The van der Waals surface area contributed by atoms with Crippen molar-refractivity contribution in [2.45, 2.75) is 31.5 Å². The summed E-state index contributed by atoms with van der Waals surface area (Å²) < 4.78 is 0. The number of carboxylic acids is 1. The van der Waals surface area contributed by atoms with Crippen LogP contribution in [0.25, 0.3) is 0 Å². The quantitative estimate of drug-likeness (QED) is 0.265. The van der Waals surface area contributed by atoms with E-state index >= 15 is 0 Å². The third-order valence-electron chi connectivity index (χ3n) is 2.28. The van der Waals surface area contributed by atoms with Crippen LogP contribution in [0.3, 0.4) is 0 Å². The van der Waals surface area contributed by atoms with Gasteiger partial charge in [-0.2, -0.15) is 0 Å². The normalized spacial score (nSPS) is 14.8. The van der Waals surface area contributed by atoms with Gasteiger partial charge >= 0.3 is 5.97 Å². The lowest BCUT2D eigenvalue weighted by Gasteiger charge is -2.16. The van der Waals surface area contributed by atoms with Gasteiger partial charge in [-0.05, 0) is 6.92 Å². The highest BCUT2D eigenvalue weighted by atomic mass is 16.4. The van der Waals surface area contributed by atoms with Crippen LogP contribution in [0.5, 0.6) is 0 Å². The smallest absolute Gasteiger partial charge is 0.326 e. The molecule has 10 heteroatoms. The topological polar surface area (TPSA) is 185 Å². The van der Waals surface area contributed by atoms with Gasteiger partial charge in [0.1, 0.15) is 12.1 Å². The minimum absolute atomic E-state index is 0.540. The first kappa shape index (κ1) is 17.8. The number of nitrogens with two attached hydrogens (primary N) is 2. The fourth-order valence-electron chi connectivity index (χ4n) is 1.15. The maximum atomic E-state index is 11.4. The Morgan fingerprint density at radius 2 is 1.80 bits per heavy atom. The molecule has 0 aliphatic carbocycles. The molecule has 0 aromatic rings. The molecule has 10 nitrogen and oxygen atoms in total. The average molecular weight is 290 g/mol. The van der Waals surface area contributed by atoms with Crippen LogP contribution >= 0.6 is 0 Å². The zero-order valence-corrected chi connectivity index (χ0v) is 10.8. The van der Waals surface area contributed by atoms with Crippen LogP contribution < -0.4 is 22.1 Å². The summed E-state index contributed by atoms with van der Waals surface area (Å²) in [6.45, 7) is 0.763. The zero-order chi connectivity index (χ0) is 15.9. The number of aliphatic hydroxyl groups is 1. The molecule has 0 aliphatic rings. The van der Waals surface area contributed by atoms with E-state index in [0.29, 0.717) is 0 Å². The van der Waals surface area contributed by atoms with Gasteiger partial charge < -0.3 is 32.3 Å². The van der Waals surface area contributed by atoms with E-state index in [1.165, 1.54) is 6.92 Å². The Morgan fingerprint density at radius 3 is 2.20 bits per heavy atom. The Kier molecular flexibility index (Phi) is 7.18. The Labute approximate surface area is 114 Å². The van der Waals surface area contributed by atoms with Gasteiger partial charge in [0.15, 0.2) is 0 Å². The molecule has 0 rings (SSSR count). The van der Waals surface area contributed by atoms with E-state index in [9.17, 15) is 19.2 Å². The third kappa shape index (κ3) is 6.66. The number of nitrogens with one attached hydrogen (secondary N) is 2. The summed E-state index contributed by atoms with van der Waals surface area (Å²) in [5.74, 6) is -3.91. The molecule has 114 valence electrons. The summed E-state index contributed by atoms with van der Waals surface area (Å²) in [5.41, 5.74) is 10.1. The molecular weight excluding hydrogens is 272 g/mol. The van der Waals surface area contributed by atoms with Gasteiger partial charge in [-0.3, -0.25) is 14.4 Å². The Hall–Kier alpha value is -2.20. The molecule has 0 aromatic heterocycles. The van der Waals surface area contributed by atoms with Gasteiger partial charge in [-0.1, -0.05) is 0 Å². The van der Waals surface area contributed by atoms with E-state index in [4.69, 9.17) is 21.7 Å². The number of rotatable bonds is 8. The number of hydrogen-bond donors (Lipinski definition) is 6. The molecule has 0 aliphatic heterocycles. The molecule has 3 atom stereocenters. The lowest BCUT2D eigenvalue weighted by Crippen LogP contribution is -2.51. The van der Waals surface area contributed by atoms with Crippen molar-refractivity contribution in [3.05, 3.63) is 0 Å². The molecule has 0 radical (unpaired) electrons. The summed E-state index contributed by atoms with van der Waals surface area (Å²) in [5, 5.41) is 21.9. The maximum Gasteiger partial charge on any atom is 0.326 e. The van der Waals surface area contributed by atoms with Crippen molar-refractivity contribution in [1.82, 2.24) is 10.6 Å². The molecule has 0 saturated heterocycles. The summed E-state index contributed by atoms with van der Waals surface area (Å²) >= 11 is 0. The molecular formula is C10H18N4O6. The van der Waals surface area contributed by atoms with E-state index in [0.717, 1.165) is 0 Å². The molecule has 0 fully saturated rings. The Morgan fingerprint density at radius 1 is 1.25 bits per heavy atom. The van der Waals surface area contributed by atoms with E-state index in [2.05, 4.69) is 5.32 Å². The van der Waals surface area contributed by atoms with Crippen molar-refractivity contribution in [3.8, 4) is 0 Å². The number of primary amides is 1. The van der Waals surface area contributed by atoms with Gasteiger partial charge in [-0.25, -0.2) is 4.79 Å². The van der Waals surface area contributed by atoms with E-state index in [-0.39, 0.29) is 0 Å². The predicted molar refractivity (Wildman–Crippen MR) is 66.0 cm³/mol. The van der Waals surface area contributed by atoms with Crippen LogP contribution in [0.1, 0.15) is 13.3 Å². The monoisotopic (exact) mass is 290 g/mol. The predicted octanol–water partition coefficient (Wildman–Crippen LogP) is -3.74. The van der Waals surface area contributed by atoms with Gasteiger partial charge in [0.25, 0.3) is 0 Å². The zero-order valence-electron chi connectivity index (χ0n) is 10.8. The Bertz CT molecular complexity index is 397. The van der Waals surface area contributed by atoms with Crippen molar-refractivity contribution in [3.63, 3.8) is 0 Å². The number of amides is 3. The second kappa shape index (κ2) is 8.07. The summed E-state index contributed by atoms with van der Waals surface area (Å²) in [6, 6.07) is -2.67. The lowest BCUT2D eigenvalue weighted by atomic mass is 10.2. The highest BCUT2D eigenvalue weighted by molar-refractivity contribution is 5.91. The van der Waals surface area contributed by atoms with Crippen LogP contribution in [-0.4, -0.2) is 58.6 Å². The van der Waals surface area contributed by atoms with Crippen LogP contribution in [0.2, 0.25) is 0 Å². The molecule has 0 unspecified atom stereocenters. The minimum Gasteiger partial charge on any atom is -0.480 e. The second-order valence-electron chi connectivity index (χ2n) is 4.11. The van der Waals surface area contributed by atoms with Gasteiger partial charge in [0.2, 0.25) is 17.7 Å². The summed E-state index contributed by atoms with van der Waals surface area (Å²) in [7, 11) is 0. The van der Waals surface area contributed by atoms with Crippen LogP contribution in [0.4, 0.5) is 0 Å². The number of carbonyl (C=O) groups excluding carboxylic acids is 3. The maximum absolute atomic E-state index is 11.4. The van der Waals surface area contributed by atoms with Gasteiger partial charge in [0.05, 0.1) is 19.1 Å². The first-order valence-corrected chi connectivity index (χ1v) is 5.67. The third-order valence-corrected chi connectivity index (χ3v) is 2.28. The van der Waals surface area contributed by atoms with Crippen molar-refractivity contribution in [2.24, 2.45) is 11.5 Å². The fraction of sp³-hybridized carbons (Fsp3) is 0.600. The molecule has 0 heterocycles. The average Bonchev–Trinajstić information content (AvgIpc) is 2.33. The first-order valence-electron chi connectivity index (χ1n) is 5.67. The van der Waals surface area contributed by atoms with Crippen molar-refractivity contribution in [2.75, 3.05) is 6.54 Å². The lowest BCUT2D eigenvalue weighted by molar-refractivity contribution is -0.143. The van der Waals surface area contributed by atoms with E-state index < -0.39 is 54.8 Å². The molecule has 0 spiro atoms. The summed E-state index contributed by atoms with van der Waals surface area (Å²) in [6.07, 6.45) is -1.66. The molecule has 0 aromatic carbocycles. The highest BCUT2D eigenvalue weighted by Crippen LogP contribution is 1.92. The van der Waals surface area contributed by atoms with Crippen molar-refractivity contribution >= 4 is 23.7 Å². The van der Waals surface area contributed by atoms with Crippen LogP contribution in [0, 0.1) is 0 Å². The largest absolute Gasteiger partial charge is 0.480 e. The fourth-order valence-corrected chi connectivity index (χ4v) is 1.15. The van der Waals surface area contributed by atoms with Crippen LogP contribution in [0.15, 0.2) is 0 Å².